The van der Waals surface area contributed by atoms with Crippen LogP contribution in [0.15, 0.2) is 48.5 Å². The Balaban J connectivity index is 1.36. The van der Waals surface area contributed by atoms with Crippen LogP contribution in [-0.2, 0) is 11.8 Å². The second-order valence-corrected chi connectivity index (χ2v) is 8.19. The highest BCUT2D eigenvalue weighted by Gasteiger charge is 2.41. The number of rotatable bonds is 5. The predicted octanol–water partition coefficient (Wildman–Crippen LogP) is 2.43. The average Bonchev–Trinajstić information content (AvgIpc) is 3.43. The number of aromatic nitrogens is 2. The van der Waals surface area contributed by atoms with Gasteiger partial charge in [-0.25, -0.2) is 0 Å². The quantitative estimate of drug-likeness (QED) is 0.624. The number of aryl methyl sites for hydroxylation is 1. The highest BCUT2D eigenvalue weighted by atomic mass is 16.5. The van der Waals surface area contributed by atoms with Gasteiger partial charge in [0, 0.05) is 25.2 Å². The summed E-state index contributed by atoms with van der Waals surface area (Å²) < 4.78 is 12.3. The van der Waals surface area contributed by atoms with E-state index in [-0.39, 0.29) is 23.9 Å². The lowest BCUT2D eigenvalue weighted by molar-refractivity contribution is -0.117. The number of nitrogens with one attached hydrogen (secondary N) is 2. The number of hydrogen-bond donors (Lipinski definition) is 2. The van der Waals surface area contributed by atoms with E-state index in [1.807, 2.05) is 36.4 Å². The number of hydrogen-bond acceptors (Lipinski definition) is 6. The minimum atomic E-state index is -0.298. The fourth-order valence-electron chi connectivity index (χ4n) is 4.59. The fraction of sp³-hybridized carbons (Fsp3) is 0.292. The summed E-state index contributed by atoms with van der Waals surface area (Å²) in [7, 11) is 4.91. The SMILES string of the molecule is COc1ccc(OC)c(-c2cc(C(=O)N[C@H]3C[C@@H]4C(=O)Nc5ccccc5N4C3)n(C)n2)c1. The first-order chi connectivity index (χ1) is 16.0. The molecule has 0 bridgehead atoms. The molecule has 2 aliphatic rings. The highest BCUT2D eigenvalue weighted by Crippen LogP contribution is 2.37. The second-order valence-electron chi connectivity index (χ2n) is 8.19. The molecule has 0 radical (unpaired) electrons. The van der Waals surface area contributed by atoms with E-state index in [1.54, 1.807) is 38.1 Å². The van der Waals surface area contributed by atoms with Crippen molar-refractivity contribution in [3.63, 3.8) is 0 Å². The van der Waals surface area contributed by atoms with Crippen LogP contribution >= 0.6 is 0 Å². The van der Waals surface area contributed by atoms with Gasteiger partial charge >= 0.3 is 0 Å². The van der Waals surface area contributed by atoms with E-state index in [0.717, 1.165) is 16.9 Å². The zero-order valence-corrected chi connectivity index (χ0v) is 18.7. The monoisotopic (exact) mass is 447 g/mol. The first-order valence-electron chi connectivity index (χ1n) is 10.7. The third-order valence-corrected chi connectivity index (χ3v) is 6.21. The van der Waals surface area contributed by atoms with Gasteiger partial charge in [0.15, 0.2) is 0 Å². The molecule has 9 heteroatoms. The van der Waals surface area contributed by atoms with Crippen LogP contribution in [0.25, 0.3) is 11.3 Å². The molecule has 1 saturated heterocycles. The first kappa shape index (κ1) is 20.9. The molecule has 0 saturated carbocycles. The number of fused-ring (bicyclic) bond motifs is 3. The van der Waals surface area contributed by atoms with Crippen LogP contribution in [0.4, 0.5) is 11.4 Å². The van der Waals surface area contributed by atoms with Crippen molar-refractivity contribution in [1.82, 2.24) is 15.1 Å². The van der Waals surface area contributed by atoms with Crippen molar-refractivity contribution in [2.75, 3.05) is 31.0 Å². The fourth-order valence-corrected chi connectivity index (χ4v) is 4.59. The third-order valence-electron chi connectivity index (χ3n) is 6.21. The number of amides is 2. The van der Waals surface area contributed by atoms with Crippen molar-refractivity contribution in [2.24, 2.45) is 7.05 Å². The number of nitrogens with zero attached hydrogens (tertiary/aromatic N) is 3. The van der Waals surface area contributed by atoms with Gasteiger partial charge in [-0.05, 0) is 42.8 Å². The average molecular weight is 447 g/mol. The Kier molecular flexibility index (Phi) is 5.16. The topological polar surface area (TPSA) is 97.7 Å². The molecule has 2 aliphatic heterocycles. The number of para-hydroxylation sites is 2. The van der Waals surface area contributed by atoms with E-state index < -0.39 is 0 Å². The van der Waals surface area contributed by atoms with Crippen molar-refractivity contribution < 1.29 is 19.1 Å². The molecule has 1 fully saturated rings. The van der Waals surface area contributed by atoms with Gasteiger partial charge in [-0.3, -0.25) is 14.3 Å². The number of benzene rings is 2. The zero-order valence-electron chi connectivity index (χ0n) is 18.7. The molecule has 0 spiro atoms. The number of carbonyl (C=O) groups excluding carboxylic acids is 2. The van der Waals surface area contributed by atoms with Crippen molar-refractivity contribution in [3.8, 4) is 22.8 Å². The number of ether oxygens (including phenoxy) is 2. The Morgan fingerprint density at radius 2 is 1.97 bits per heavy atom. The van der Waals surface area contributed by atoms with Gasteiger partial charge in [-0.15, -0.1) is 0 Å². The molecule has 3 aromatic rings. The van der Waals surface area contributed by atoms with Gasteiger partial charge in [0.1, 0.15) is 23.2 Å². The molecule has 3 heterocycles. The van der Waals surface area contributed by atoms with Gasteiger partial charge < -0.3 is 25.0 Å². The molecule has 2 atom stereocenters. The van der Waals surface area contributed by atoms with Crippen LogP contribution in [0.5, 0.6) is 11.5 Å². The molecule has 0 unspecified atom stereocenters. The molecule has 170 valence electrons. The molecule has 2 aromatic carbocycles. The second kappa shape index (κ2) is 8.16. The minimum Gasteiger partial charge on any atom is -0.497 e. The Bertz CT molecular complexity index is 1240. The molecule has 2 N–H and O–H groups in total. The van der Waals surface area contributed by atoms with Crippen LogP contribution in [0, 0.1) is 0 Å². The van der Waals surface area contributed by atoms with Crippen molar-refractivity contribution in [3.05, 3.63) is 54.2 Å². The Morgan fingerprint density at radius 1 is 1.15 bits per heavy atom. The standard InChI is InChI=1S/C24H25N5O4/c1-28-20(12-18(27-28)16-11-15(32-2)8-9-22(16)33-3)23(30)25-14-10-21-24(31)26-17-6-4-5-7-19(17)29(21)13-14/h4-9,11-12,14,21H,10,13H2,1-3H3,(H,25,30)(H,26,31)/t14-,21+/m0/s1. The van der Waals surface area contributed by atoms with Crippen LogP contribution in [0.1, 0.15) is 16.9 Å². The predicted molar refractivity (Wildman–Crippen MR) is 124 cm³/mol. The van der Waals surface area contributed by atoms with E-state index in [2.05, 4.69) is 20.6 Å². The van der Waals surface area contributed by atoms with Gasteiger partial charge in [-0.1, -0.05) is 12.1 Å². The zero-order chi connectivity index (χ0) is 23.1. The lowest BCUT2D eigenvalue weighted by Gasteiger charge is -2.32. The van der Waals surface area contributed by atoms with E-state index in [4.69, 9.17) is 9.47 Å². The smallest absolute Gasteiger partial charge is 0.269 e. The van der Waals surface area contributed by atoms with Crippen LogP contribution in [-0.4, -0.2) is 54.4 Å². The number of methoxy groups -OCH3 is 2. The summed E-state index contributed by atoms with van der Waals surface area (Å²) in [5.74, 6) is 1.02. The maximum absolute atomic E-state index is 13.1. The van der Waals surface area contributed by atoms with Gasteiger partial charge in [0.05, 0.1) is 31.3 Å². The summed E-state index contributed by atoms with van der Waals surface area (Å²) in [6, 6.07) is 14.4. The minimum absolute atomic E-state index is 0.0432. The number of carbonyl (C=O) groups is 2. The van der Waals surface area contributed by atoms with Crippen LogP contribution < -0.4 is 25.0 Å². The van der Waals surface area contributed by atoms with Crippen LogP contribution in [0.2, 0.25) is 0 Å². The van der Waals surface area contributed by atoms with Crippen molar-refractivity contribution in [1.29, 1.82) is 0 Å². The lowest BCUT2D eigenvalue weighted by Crippen LogP contribution is -2.44. The van der Waals surface area contributed by atoms with Crippen molar-refractivity contribution in [2.45, 2.75) is 18.5 Å². The Morgan fingerprint density at radius 3 is 2.76 bits per heavy atom. The highest BCUT2D eigenvalue weighted by molar-refractivity contribution is 6.04. The molecule has 2 amide bonds. The summed E-state index contributed by atoms with van der Waals surface area (Å²) in [5, 5.41) is 10.6. The first-order valence-corrected chi connectivity index (χ1v) is 10.7. The summed E-state index contributed by atoms with van der Waals surface area (Å²) >= 11 is 0. The lowest BCUT2D eigenvalue weighted by atomic mass is 10.1. The summed E-state index contributed by atoms with van der Waals surface area (Å²) in [6.45, 7) is 0.565. The van der Waals surface area contributed by atoms with E-state index in [0.29, 0.717) is 35.9 Å². The maximum atomic E-state index is 13.1. The van der Waals surface area contributed by atoms with Crippen molar-refractivity contribution >= 4 is 23.2 Å². The van der Waals surface area contributed by atoms with E-state index in [9.17, 15) is 9.59 Å². The van der Waals surface area contributed by atoms with E-state index in [1.165, 1.54) is 0 Å². The molecule has 33 heavy (non-hydrogen) atoms. The summed E-state index contributed by atoms with van der Waals surface area (Å²) in [4.78, 5) is 27.8. The third kappa shape index (κ3) is 3.65. The molecular weight excluding hydrogens is 422 g/mol. The number of anilines is 2. The largest absolute Gasteiger partial charge is 0.497 e. The van der Waals surface area contributed by atoms with Crippen LogP contribution in [0.3, 0.4) is 0 Å². The molecule has 5 rings (SSSR count). The molecule has 0 aliphatic carbocycles. The molecule has 9 nitrogen and oxygen atoms in total. The van der Waals surface area contributed by atoms with Gasteiger partial charge in [0.25, 0.3) is 5.91 Å². The summed E-state index contributed by atoms with van der Waals surface area (Å²) in [5.41, 5.74) is 3.54. The molecular formula is C24H25N5O4. The Hall–Kier alpha value is -4.01. The van der Waals surface area contributed by atoms with E-state index >= 15 is 0 Å². The van der Waals surface area contributed by atoms with Gasteiger partial charge in [0.2, 0.25) is 5.91 Å². The summed E-state index contributed by atoms with van der Waals surface area (Å²) in [6.07, 6.45) is 0.542. The molecule has 1 aromatic heterocycles. The normalized spacial score (nSPS) is 18.9. The maximum Gasteiger partial charge on any atom is 0.269 e. The van der Waals surface area contributed by atoms with Gasteiger partial charge in [-0.2, -0.15) is 5.10 Å². The Labute approximate surface area is 191 Å².